The number of fused-ring (bicyclic) bond motifs is 1. The van der Waals surface area contributed by atoms with Crippen molar-refractivity contribution in [3.05, 3.63) is 57.5 Å². The monoisotopic (exact) mass is 384 g/mol. The molecule has 1 unspecified atom stereocenters. The summed E-state index contributed by atoms with van der Waals surface area (Å²) in [6.45, 7) is 6.90. The standard InChI is InChI=1S/C21H24N2O3S/c1-14(24)20-19(16-5-3-4-6-17(16)21(25)26-20)18-8-7-15(27-18)13-23-11-9-22(2)10-12-23/h3-8,14,24H,9-13H2,1-2H3. The highest BCUT2D eigenvalue weighted by atomic mass is 32.1. The lowest BCUT2D eigenvalue weighted by Crippen LogP contribution is -2.43. The number of aliphatic hydroxyl groups is 1. The van der Waals surface area contributed by atoms with Crippen molar-refractivity contribution in [3.63, 3.8) is 0 Å². The van der Waals surface area contributed by atoms with Crippen LogP contribution in [0, 0.1) is 0 Å². The number of likely N-dealkylation sites (N-methyl/N-ethyl adjacent to an activating group) is 1. The molecule has 0 saturated carbocycles. The third-order valence-corrected chi connectivity index (χ3v) is 6.22. The van der Waals surface area contributed by atoms with E-state index in [-0.39, 0.29) is 0 Å². The Morgan fingerprint density at radius 1 is 1.11 bits per heavy atom. The van der Waals surface area contributed by atoms with Gasteiger partial charge in [0.2, 0.25) is 0 Å². The zero-order valence-corrected chi connectivity index (χ0v) is 16.5. The van der Waals surface area contributed by atoms with Gasteiger partial charge in [-0.1, -0.05) is 18.2 Å². The van der Waals surface area contributed by atoms with Crippen molar-refractivity contribution in [2.45, 2.75) is 19.6 Å². The van der Waals surface area contributed by atoms with Crippen LogP contribution in [0.15, 0.2) is 45.6 Å². The Kier molecular flexibility index (Phi) is 5.14. The molecular formula is C21H24N2O3S. The minimum atomic E-state index is -0.847. The lowest BCUT2D eigenvalue weighted by molar-refractivity contribution is 0.149. The van der Waals surface area contributed by atoms with Crippen molar-refractivity contribution in [3.8, 4) is 10.4 Å². The van der Waals surface area contributed by atoms with Crippen molar-refractivity contribution in [2.24, 2.45) is 0 Å². The van der Waals surface area contributed by atoms with Crippen LogP contribution >= 0.6 is 11.3 Å². The van der Waals surface area contributed by atoms with Crippen LogP contribution in [0.3, 0.4) is 0 Å². The fourth-order valence-electron chi connectivity index (χ4n) is 3.59. The first-order valence-corrected chi connectivity index (χ1v) is 10.1. The molecule has 0 bridgehead atoms. The zero-order chi connectivity index (χ0) is 19.0. The Labute approximate surface area is 162 Å². The Bertz CT molecular complexity index is 1000. The molecule has 1 aliphatic rings. The molecular weight excluding hydrogens is 360 g/mol. The van der Waals surface area contributed by atoms with Crippen molar-refractivity contribution in [1.29, 1.82) is 0 Å². The first-order chi connectivity index (χ1) is 13.0. The number of benzene rings is 1. The molecule has 0 radical (unpaired) electrons. The van der Waals surface area contributed by atoms with Crippen molar-refractivity contribution >= 4 is 22.1 Å². The Morgan fingerprint density at radius 2 is 1.81 bits per heavy atom. The van der Waals surface area contributed by atoms with Gasteiger partial charge in [-0.2, -0.15) is 0 Å². The highest BCUT2D eigenvalue weighted by Crippen LogP contribution is 2.38. The topological polar surface area (TPSA) is 56.9 Å². The minimum absolute atomic E-state index is 0.340. The average molecular weight is 385 g/mol. The Hall–Kier alpha value is -1.99. The summed E-state index contributed by atoms with van der Waals surface area (Å²) in [5.41, 5.74) is 0.425. The maximum Gasteiger partial charge on any atom is 0.343 e. The second kappa shape index (κ2) is 7.56. The molecule has 1 aromatic carbocycles. The first kappa shape index (κ1) is 18.4. The van der Waals surface area contributed by atoms with Crippen LogP contribution < -0.4 is 5.63 Å². The number of thiophene rings is 1. The molecule has 4 rings (SSSR count). The quantitative estimate of drug-likeness (QED) is 0.748. The van der Waals surface area contributed by atoms with Gasteiger partial charge in [-0.05, 0) is 32.2 Å². The zero-order valence-electron chi connectivity index (χ0n) is 15.6. The SMILES string of the molecule is CC(O)c1oc(=O)c2ccccc2c1-c1ccc(CN2CCN(C)CC2)s1. The number of rotatable bonds is 4. The van der Waals surface area contributed by atoms with Gasteiger partial charge in [0, 0.05) is 53.4 Å². The number of nitrogens with zero attached hydrogens (tertiary/aromatic N) is 2. The van der Waals surface area contributed by atoms with Crippen LogP contribution in [-0.2, 0) is 6.54 Å². The van der Waals surface area contributed by atoms with Gasteiger partial charge in [0.15, 0.2) is 0 Å². The van der Waals surface area contributed by atoms with E-state index in [0.717, 1.165) is 48.6 Å². The van der Waals surface area contributed by atoms with Crippen LogP contribution in [0.4, 0.5) is 0 Å². The number of aliphatic hydroxyl groups excluding tert-OH is 1. The molecule has 1 saturated heterocycles. The van der Waals surface area contributed by atoms with Crippen LogP contribution in [0.5, 0.6) is 0 Å². The highest BCUT2D eigenvalue weighted by molar-refractivity contribution is 7.15. The highest BCUT2D eigenvalue weighted by Gasteiger charge is 2.21. The van der Waals surface area contributed by atoms with E-state index in [1.54, 1.807) is 24.3 Å². The van der Waals surface area contributed by atoms with Crippen LogP contribution in [0.25, 0.3) is 21.2 Å². The molecule has 1 N–H and O–H groups in total. The summed E-state index contributed by atoms with van der Waals surface area (Å²) in [7, 11) is 2.16. The lowest BCUT2D eigenvalue weighted by atomic mass is 10.0. The summed E-state index contributed by atoms with van der Waals surface area (Å²) in [4.78, 5) is 19.4. The fourth-order valence-corrected chi connectivity index (χ4v) is 4.70. The Morgan fingerprint density at radius 3 is 2.52 bits per heavy atom. The lowest BCUT2D eigenvalue weighted by Gasteiger charge is -2.31. The van der Waals surface area contributed by atoms with E-state index < -0.39 is 11.7 Å². The van der Waals surface area contributed by atoms with Crippen molar-refractivity contribution in [2.75, 3.05) is 33.2 Å². The van der Waals surface area contributed by atoms with Crippen LogP contribution in [0.1, 0.15) is 23.7 Å². The van der Waals surface area contributed by atoms with E-state index in [4.69, 9.17) is 4.42 Å². The van der Waals surface area contributed by atoms with Crippen LogP contribution in [0.2, 0.25) is 0 Å². The largest absolute Gasteiger partial charge is 0.424 e. The van der Waals surface area contributed by atoms with Gasteiger partial charge in [-0.15, -0.1) is 11.3 Å². The van der Waals surface area contributed by atoms with Gasteiger partial charge in [0.1, 0.15) is 11.9 Å². The number of hydrogen-bond donors (Lipinski definition) is 1. The second-order valence-corrected chi connectivity index (χ2v) is 8.36. The molecule has 1 atom stereocenters. The van der Waals surface area contributed by atoms with E-state index in [9.17, 15) is 9.90 Å². The fraction of sp³-hybridized carbons (Fsp3) is 0.381. The summed E-state index contributed by atoms with van der Waals surface area (Å²) in [5.74, 6) is 0.340. The molecule has 2 aromatic heterocycles. The molecule has 1 fully saturated rings. The van der Waals surface area contributed by atoms with Crippen molar-refractivity contribution < 1.29 is 9.52 Å². The molecule has 1 aliphatic heterocycles. The summed E-state index contributed by atoms with van der Waals surface area (Å²) in [6, 6.07) is 11.7. The molecule has 3 aromatic rings. The van der Waals surface area contributed by atoms with Crippen LogP contribution in [-0.4, -0.2) is 48.1 Å². The third kappa shape index (κ3) is 3.71. The molecule has 27 heavy (non-hydrogen) atoms. The third-order valence-electron chi connectivity index (χ3n) is 5.13. The summed E-state index contributed by atoms with van der Waals surface area (Å²) in [6.07, 6.45) is -0.847. The molecule has 0 amide bonds. The van der Waals surface area contributed by atoms with Gasteiger partial charge >= 0.3 is 5.63 Å². The van der Waals surface area contributed by atoms with E-state index in [2.05, 4.69) is 29.0 Å². The smallest absolute Gasteiger partial charge is 0.343 e. The minimum Gasteiger partial charge on any atom is -0.424 e. The summed E-state index contributed by atoms with van der Waals surface area (Å²) >= 11 is 1.70. The summed E-state index contributed by atoms with van der Waals surface area (Å²) < 4.78 is 5.49. The maximum absolute atomic E-state index is 12.3. The molecule has 142 valence electrons. The van der Waals surface area contributed by atoms with E-state index in [0.29, 0.717) is 11.1 Å². The van der Waals surface area contributed by atoms with Gasteiger partial charge in [0.25, 0.3) is 0 Å². The summed E-state index contributed by atoms with van der Waals surface area (Å²) in [5, 5.41) is 11.6. The molecule has 0 spiro atoms. The van der Waals surface area contributed by atoms with E-state index in [1.165, 1.54) is 4.88 Å². The van der Waals surface area contributed by atoms with Crippen molar-refractivity contribution in [1.82, 2.24) is 9.80 Å². The predicted octanol–water partition coefficient (Wildman–Crippen LogP) is 3.32. The number of hydrogen-bond acceptors (Lipinski definition) is 6. The van der Waals surface area contributed by atoms with E-state index >= 15 is 0 Å². The maximum atomic E-state index is 12.3. The van der Waals surface area contributed by atoms with Gasteiger partial charge in [0.05, 0.1) is 5.39 Å². The first-order valence-electron chi connectivity index (χ1n) is 9.26. The van der Waals surface area contributed by atoms with Gasteiger partial charge in [-0.25, -0.2) is 4.79 Å². The second-order valence-electron chi connectivity index (χ2n) is 7.20. The van der Waals surface area contributed by atoms with Gasteiger partial charge < -0.3 is 14.4 Å². The van der Waals surface area contributed by atoms with Gasteiger partial charge in [-0.3, -0.25) is 4.90 Å². The molecule has 0 aliphatic carbocycles. The number of piperazine rings is 1. The average Bonchev–Trinajstić information content (AvgIpc) is 3.11. The molecule has 6 heteroatoms. The molecule has 3 heterocycles. The normalized spacial score (nSPS) is 17.4. The molecule has 5 nitrogen and oxygen atoms in total. The van der Waals surface area contributed by atoms with E-state index in [1.807, 2.05) is 18.2 Å². The Balaban J connectivity index is 1.72. The predicted molar refractivity (Wildman–Crippen MR) is 109 cm³/mol.